The quantitative estimate of drug-likeness (QED) is 0.513. The summed E-state index contributed by atoms with van der Waals surface area (Å²) in [6.45, 7) is 0. The van der Waals surface area contributed by atoms with E-state index in [9.17, 15) is 5.26 Å². The molecule has 22 heavy (non-hydrogen) atoms. The SMILES string of the molecule is N#Cc1cc2nc(Nc3ccccc3Br)nc2c2[nH][nH]nc12. The van der Waals surface area contributed by atoms with Gasteiger partial charge in [-0.2, -0.15) is 10.4 Å². The number of rotatable bonds is 2. The predicted octanol–water partition coefficient (Wildman–Crippen LogP) is 3.21. The molecule has 2 aromatic carbocycles. The number of halogens is 1. The summed E-state index contributed by atoms with van der Waals surface area (Å²) in [5.74, 6) is 0.466. The van der Waals surface area contributed by atoms with E-state index in [-0.39, 0.29) is 0 Å². The van der Waals surface area contributed by atoms with Crippen LogP contribution in [-0.2, 0) is 0 Å². The van der Waals surface area contributed by atoms with Crippen LogP contribution in [0, 0.1) is 11.3 Å². The molecule has 0 spiro atoms. The Morgan fingerprint density at radius 1 is 1.18 bits per heavy atom. The van der Waals surface area contributed by atoms with Crippen molar-refractivity contribution < 1.29 is 0 Å². The van der Waals surface area contributed by atoms with Gasteiger partial charge in [0.25, 0.3) is 0 Å². The standard InChI is InChI=1S/C14H8BrN7/c15-8-3-1-2-4-9(8)17-14-18-10-5-7(6-16)11-13(12(10)19-14)21-22-20-11/h1-5,21-22H,(H,17,19). The first kappa shape index (κ1) is 12.8. The number of imidazole rings is 1. The van der Waals surface area contributed by atoms with Gasteiger partial charge < -0.3 is 5.32 Å². The summed E-state index contributed by atoms with van der Waals surface area (Å²) >= 11 is 3.47. The molecule has 0 aliphatic carbocycles. The highest BCUT2D eigenvalue weighted by Crippen LogP contribution is 2.28. The highest BCUT2D eigenvalue weighted by atomic mass is 79.9. The number of H-pyrrole nitrogens is 2. The molecule has 3 N–H and O–H groups in total. The zero-order valence-electron chi connectivity index (χ0n) is 11.1. The Balaban J connectivity index is 1.88. The van der Waals surface area contributed by atoms with Crippen LogP contribution in [0.25, 0.3) is 22.1 Å². The molecule has 8 heteroatoms. The minimum Gasteiger partial charge on any atom is -0.323 e. The highest BCUT2D eigenvalue weighted by molar-refractivity contribution is 9.10. The zero-order chi connectivity index (χ0) is 15.1. The Bertz CT molecular complexity index is 1040. The van der Waals surface area contributed by atoms with Crippen molar-refractivity contribution in [3.63, 3.8) is 0 Å². The van der Waals surface area contributed by atoms with Crippen molar-refractivity contribution >= 4 is 49.6 Å². The fourth-order valence-electron chi connectivity index (χ4n) is 2.29. The molecule has 0 radical (unpaired) electrons. The van der Waals surface area contributed by atoms with Crippen LogP contribution in [0.3, 0.4) is 0 Å². The van der Waals surface area contributed by atoms with Crippen molar-refractivity contribution in [1.82, 2.24) is 25.4 Å². The number of nitrogens with one attached hydrogen (secondary N) is 3. The van der Waals surface area contributed by atoms with Gasteiger partial charge in [-0.3, -0.25) is 5.10 Å². The van der Waals surface area contributed by atoms with Gasteiger partial charge in [-0.15, -0.1) is 0 Å². The van der Waals surface area contributed by atoms with Gasteiger partial charge in [0.1, 0.15) is 22.6 Å². The van der Waals surface area contributed by atoms with E-state index in [4.69, 9.17) is 0 Å². The van der Waals surface area contributed by atoms with Crippen molar-refractivity contribution in [3.05, 3.63) is 40.4 Å². The van der Waals surface area contributed by atoms with Gasteiger partial charge in [0, 0.05) is 4.47 Å². The van der Waals surface area contributed by atoms with Crippen LogP contribution >= 0.6 is 15.9 Å². The monoisotopic (exact) mass is 353 g/mol. The lowest BCUT2D eigenvalue weighted by molar-refractivity contribution is 0.959. The third kappa shape index (κ3) is 1.91. The van der Waals surface area contributed by atoms with Crippen LogP contribution in [0.5, 0.6) is 0 Å². The average molecular weight is 354 g/mol. The molecule has 0 saturated heterocycles. The number of nitrogens with zero attached hydrogens (tertiary/aromatic N) is 4. The fraction of sp³-hybridized carbons (Fsp3) is 0. The molecule has 7 nitrogen and oxygen atoms in total. The summed E-state index contributed by atoms with van der Waals surface area (Å²) in [6, 6.07) is 11.5. The van der Waals surface area contributed by atoms with Gasteiger partial charge in [0.2, 0.25) is 5.95 Å². The first-order valence-corrected chi connectivity index (χ1v) is 7.20. The number of hydrogen-bond donors (Lipinski definition) is 3. The normalized spacial score (nSPS) is 10.9. The number of aromatic nitrogens is 5. The van der Waals surface area contributed by atoms with Crippen LogP contribution in [0.2, 0.25) is 0 Å². The third-order valence-corrected chi connectivity index (χ3v) is 3.98. The highest BCUT2D eigenvalue weighted by Gasteiger charge is 2.14. The molecule has 2 aromatic heterocycles. The number of aromatic amines is 2. The molecule has 0 atom stereocenters. The molecule has 0 fully saturated rings. The Hall–Kier alpha value is -2.92. The van der Waals surface area contributed by atoms with Crippen molar-refractivity contribution in [3.8, 4) is 6.07 Å². The number of hydrogen-bond acceptors (Lipinski definition) is 5. The number of anilines is 2. The van der Waals surface area contributed by atoms with Gasteiger partial charge >= 0.3 is 0 Å². The molecule has 2 heterocycles. The number of para-hydroxylation sites is 1. The zero-order valence-corrected chi connectivity index (χ0v) is 12.6. The van der Waals surface area contributed by atoms with Crippen LogP contribution in [0.1, 0.15) is 5.56 Å². The van der Waals surface area contributed by atoms with Gasteiger partial charge in [-0.05, 0) is 34.1 Å². The van der Waals surface area contributed by atoms with E-state index < -0.39 is 0 Å². The second-order valence-electron chi connectivity index (χ2n) is 4.63. The molecule has 0 aliphatic rings. The summed E-state index contributed by atoms with van der Waals surface area (Å²) in [5.41, 5.74) is 3.84. The van der Waals surface area contributed by atoms with Gasteiger partial charge in [-0.1, -0.05) is 12.1 Å². The van der Waals surface area contributed by atoms with Crippen molar-refractivity contribution in [2.24, 2.45) is 0 Å². The van der Waals surface area contributed by atoms with E-state index in [0.29, 0.717) is 33.6 Å². The molecular formula is C14H8BrN7. The van der Waals surface area contributed by atoms with E-state index >= 15 is 0 Å². The molecule has 0 amide bonds. The molecule has 4 rings (SSSR count). The average Bonchev–Trinajstić information content (AvgIpc) is 3.14. The smallest absolute Gasteiger partial charge is 0.228 e. The summed E-state index contributed by atoms with van der Waals surface area (Å²) in [5, 5.41) is 22.0. The Morgan fingerprint density at radius 3 is 2.86 bits per heavy atom. The summed E-state index contributed by atoms with van der Waals surface area (Å²) in [7, 11) is 0. The topological polar surface area (TPSA) is 106 Å². The molecule has 0 saturated carbocycles. The molecular weight excluding hydrogens is 346 g/mol. The third-order valence-electron chi connectivity index (χ3n) is 3.29. The van der Waals surface area contributed by atoms with Gasteiger partial charge in [0.15, 0.2) is 0 Å². The molecule has 0 unspecified atom stereocenters. The lowest BCUT2D eigenvalue weighted by Crippen LogP contribution is -1.92. The minimum atomic E-state index is 0.451. The van der Waals surface area contributed by atoms with E-state index in [1.54, 1.807) is 6.07 Å². The van der Waals surface area contributed by atoms with Crippen molar-refractivity contribution in [2.45, 2.75) is 0 Å². The van der Waals surface area contributed by atoms with Crippen molar-refractivity contribution in [1.29, 1.82) is 5.26 Å². The first-order chi connectivity index (χ1) is 10.8. The molecule has 106 valence electrons. The van der Waals surface area contributed by atoms with Gasteiger partial charge in [-0.25, -0.2) is 15.2 Å². The lowest BCUT2D eigenvalue weighted by atomic mass is 10.2. The molecule has 0 aliphatic heterocycles. The summed E-state index contributed by atoms with van der Waals surface area (Å²) < 4.78 is 0.918. The number of benzene rings is 2. The number of fused-ring (bicyclic) bond motifs is 3. The van der Waals surface area contributed by atoms with E-state index in [1.807, 2.05) is 24.3 Å². The summed E-state index contributed by atoms with van der Waals surface area (Å²) in [6.07, 6.45) is 0. The van der Waals surface area contributed by atoms with Crippen LogP contribution in [0.4, 0.5) is 11.6 Å². The van der Waals surface area contributed by atoms with E-state index in [1.165, 1.54) is 0 Å². The lowest BCUT2D eigenvalue weighted by Gasteiger charge is -2.03. The first-order valence-electron chi connectivity index (χ1n) is 6.41. The van der Waals surface area contributed by atoms with Crippen LogP contribution < -0.4 is 5.32 Å². The second kappa shape index (κ2) is 4.82. The van der Waals surface area contributed by atoms with Crippen LogP contribution in [0.15, 0.2) is 34.8 Å². The Kier molecular flexibility index (Phi) is 2.80. The van der Waals surface area contributed by atoms with Crippen LogP contribution in [-0.4, -0.2) is 25.4 Å². The minimum absolute atomic E-state index is 0.451. The maximum atomic E-state index is 9.20. The van der Waals surface area contributed by atoms with E-state index in [2.05, 4.69) is 52.7 Å². The predicted molar refractivity (Wildman–Crippen MR) is 85.7 cm³/mol. The van der Waals surface area contributed by atoms with Gasteiger partial charge in [0.05, 0.1) is 16.8 Å². The maximum absolute atomic E-state index is 9.20. The Labute approximate surface area is 132 Å². The number of nitriles is 1. The maximum Gasteiger partial charge on any atom is 0.228 e. The van der Waals surface area contributed by atoms with E-state index in [0.717, 1.165) is 10.2 Å². The molecule has 4 aromatic rings. The summed E-state index contributed by atoms with van der Waals surface area (Å²) in [4.78, 5) is 8.91. The largest absolute Gasteiger partial charge is 0.323 e. The fourth-order valence-corrected chi connectivity index (χ4v) is 2.67. The molecule has 0 bridgehead atoms. The Morgan fingerprint density at radius 2 is 2.05 bits per heavy atom. The second-order valence-corrected chi connectivity index (χ2v) is 5.48. The van der Waals surface area contributed by atoms with Crippen molar-refractivity contribution in [2.75, 3.05) is 5.32 Å².